The maximum Gasteiger partial charge on any atom is 0.256 e. The van der Waals surface area contributed by atoms with Gasteiger partial charge in [0, 0.05) is 11.1 Å². The summed E-state index contributed by atoms with van der Waals surface area (Å²) < 4.78 is 0. The average Bonchev–Trinajstić information content (AvgIpc) is 3.27. The maximum absolute atomic E-state index is 12.8. The van der Waals surface area contributed by atoms with Crippen molar-refractivity contribution < 1.29 is 9.90 Å². The lowest BCUT2D eigenvalue weighted by atomic mass is 9.91. The van der Waals surface area contributed by atoms with Gasteiger partial charge < -0.3 is 10.4 Å². The van der Waals surface area contributed by atoms with E-state index in [1.807, 2.05) is 30.3 Å². The van der Waals surface area contributed by atoms with E-state index < -0.39 is 0 Å². The molecule has 0 saturated heterocycles. The maximum atomic E-state index is 12.8. The van der Waals surface area contributed by atoms with Crippen LogP contribution in [0.25, 0.3) is 11.3 Å². The van der Waals surface area contributed by atoms with Crippen molar-refractivity contribution in [3.63, 3.8) is 0 Å². The second kappa shape index (κ2) is 7.90. The van der Waals surface area contributed by atoms with E-state index in [2.05, 4.69) is 5.32 Å². The second-order valence-corrected chi connectivity index (χ2v) is 8.33. The molecule has 2 N–H and O–H groups in total. The lowest BCUT2D eigenvalue weighted by molar-refractivity contribution is 0.102. The number of aromatic hydroxyl groups is 1. The molecule has 152 valence electrons. The third kappa shape index (κ3) is 3.67. The van der Waals surface area contributed by atoms with Crippen LogP contribution < -0.4 is 5.32 Å². The zero-order chi connectivity index (χ0) is 20.5. The summed E-state index contributed by atoms with van der Waals surface area (Å²) in [5.74, 6) is 1.31. The van der Waals surface area contributed by atoms with Crippen molar-refractivity contribution in [2.45, 2.75) is 44.9 Å². The average molecular weight is 399 g/mol. The highest BCUT2D eigenvalue weighted by atomic mass is 16.3. The van der Waals surface area contributed by atoms with E-state index in [1.165, 1.54) is 25.7 Å². The molecule has 1 amide bonds. The Morgan fingerprint density at radius 3 is 2.63 bits per heavy atom. The zero-order valence-electron chi connectivity index (χ0n) is 16.9. The monoisotopic (exact) mass is 399 g/mol. The Labute approximate surface area is 176 Å². The van der Waals surface area contributed by atoms with Crippen molar-refractivity contribution >= 4 is 11.7 Å². The fraction of sp³-hybridized carbons (Fsp3) is 0.320. The molecule has 0 unspecified atom stereocenters. The number of hydrogen-bond acceptors (Lipinski definition) is 4. The van der Waals surface area contributed by atoms with Gasteiger partial charge in [0.25, 0.3) is 5.91 Å². The molecule has 0 atom stereocenters. The van der Waals surface area contributed by atoms with Gasteiger partial charge in [-0.25, -0.2) is 9.97 Å². The van der Waals surface area contributed by atoms with Crippen LogP contribution in [0.5, 0.6) is 5.75 Å². The summed E-state index contributed by atoms with van der Waals surface area (Å²) in [6.07, 6.45) is 7.31. The van der Waals surface area contributed by atoms with Gasteiger partial charge in [0.1, 0.15) is 5.75 Å². The van der Waals surface area contributed by atoms with Crippen LogP contribution in [0.3, 0.4) is 0 Å². The number of nitrogens with zero attached hydrogens (tertiary/aromatic N) is 2. The zero-order valence-corrected chi connectivity index (χ0v) is 16.9. The summed E-state index contributed by atoms with van der Waals surface area (Å²) in [6.45, 7) is 0. The summed E-state index contributed by atoms with van der Waals surface area (Å²) in [5.41, 5.74) is 5.42. The third-order valence-corrected chi connectivity index (χ3v) is 6.24. The Balaban J connectivity index is 1.54. The molecule has 2 aliphatic carbocycles. The van der Waals surface area contributed by atoms with E-state index in [4.69, 9.17) is 9.97 Å². The number of amides is 1. The Morgan fingerprint density at radius 1 is 1.03 bits per heavy atom. The number of phenolic OH excluding ortho intramolecular Hbond substituents is 1. The molecule has 3 aromatic rings. The number of fused-ring (bicyclic) bond motifs is 3. The minimum atomic E-state index is -0.154. The van der Waals surface area contributed by atoms with E-state index in [0.717, 1.165) is 47.5 Å². The molecule has 1 saturated carbocycles. The van der Waals surface area contributed by atoms with Crippen molar-refractivity contribution in [3.05, 3.63) is 71.0 Å². The molecular formula is C25H25N3O2. The largest absolute Gasteiger partial charge is 0.508 e. The topological polar surface area (TPSA) is 75.1 Å². The molecule has 0 spiro atoms. The summed E-state index contributed by atoms with van der Waals surface area (Å²) >= 11 is 0. The number of aryl methyl sites for hydroxylation is 2. The molecule has 1 heterocycles. The van der Waals surface area contributed by atoms with Gasteiger partial charge in [-0.2, -0.15) is 0 Å². The number of benzene rings is 2. The van der Waals surface area contributed by atoms with Crippen LogP contribution in [0, 0.1) is 5.92 Å². The second-order valence-electron chi connectivity index (χ2n) is 8.33. The lowest BCUT2D eigenvalue weighted by Crippen LogP contribution is -2.19. The third-order valence-electron chi connectivity index (χ3n) is 6.24. The summed E-state index contributed by atoms with van der Waals surface area (Å²) in [5, 5.41) is 12.9. The standard InChI is InChI=1S/C25H25N3O2/c29-19-11-12-20-18(15-19)10-13-21-23(20)26-22(14-16-6-4-5-7-16)24(27-21)28-25(30)17-8-2-1-3-9-17/h1-3,8-9,11-12,15-16,29H,4-7,10,13-14H2,(H,27,28,30). The number of hydrogen-bond donors (Lipinski definition) is 2. The van der Waals surface area contributed by atoms with Gasteiger partial charge >= 0.3 is 0 Å². The van der Waals surface area contributed by atoms with Crippen molar-refractivity contribution in [2.75, 3.05) is 5.32 Å². The molecular weight excluding hydrogens is 374 g/mol. The van der Waals surface area contributed by atoms with Crippen LogP contribution in [-0.4, -0.2) is 21.0 Å². The molecule has 5 heteroatoms. The van der Waals surface area contributed by atoms with Gasteiger partial charge in [0.15, 0.2) is 5.82 Å². The van der Waals surface area contributed by atoms with Gasteiger partial charge in [0.05, 0.1) is 17.1 Å². The molecule has 2 aliphatic rings. The predicted octanol–water partition coefficient (Wildman–Crippen LogP) is 4.93. The van der Waals surface area contributed by atoms with Crippen molar-refractivity contribution in [3.8, 4) is 17.0 Å². The highest BCUT2D eigenvalue weighted by Gasteiger charge is 2.25. The van der Waals surface area contributed by atoms with Crippen LogP contribution in [0.2, 0.25) is 0 Å². The Kier molecular flexibility index (Phi) is 4.95. The minimum Gasteiger partial charge on any atom is -0.508 e. The van der Waals surface area contributed by atoms with E-state index in [9.17, 15) is 9.90 Å². The molecule has 1 fully saturated rings. The molecule has 0 aliphatic heterocycles. The molecule has 5 rings (SSSR count). The van der Waals surface area contributed by atoms with E-state index in [-0.39, 0.29) is 11.7 Å². The first-order chi connectivity index (χ1) is 14.7. The van der Waals surface area contributed by atoms with Crippen LogP contribution in [-0.2, 0) is 19.3 Å². The van der Waals surface area contributed by atoms with Crippen LogP contribution >= 0.6 is 0 Å². The summed E-state index contributed by atoms with van der Waals surface area (Å²) in [4.78, 5) is 22.7. The summed E-state index contributed by atoms with van der Waals surface area (Å²) in [7, 11) is 0. The molecule has 30 heavy (non-hydrogen) atoms. The first-order valence-electron chi connectivity index (χ1n) is 10.8. The van der Waals surface area contributed by atoms with Gasteiger partial charge in [0.2, 0.25) is 0 Å². The number of anilines is 1. The highest BCUT2D eigenvalue weighted by Crippen LogP contribution is 2.36. The van der Waals surface area contributed by atoms with Gasteiger partial charge in [-0.15, -0.1) is 0 Å². The number of rotatable bonds is 4. The molecule has 0 radical (unpaired) electrons. The molecule has 0 bridgehead atoms. The van der Waals surface area contributed by atoms with E-state index in [0.29, 0.717) is 17.3 Å². The van der Waals surface area contributed by atoms with Gasteiger partial charge in [-0.3, -0.25) is 4.79 Å². The highest BCUT2D eigenvalue weighted by molar-refractivity contribution is 6.04. The fourth-order valence-electron chi connectivity index (χ4n) is 4.67. The predicted molar refractivity (Wildman–Crippen MR) is 117 cm³/mol. The van der Waals surface area contributed by atoms with Crippen molar-refractivity contribution in [1.82, 2.24) is 9.97 Å². The molecule has 1 aromatic heterocycles. The quantitative estimate of drug-likeness (QED) is 0.652. The van der Waals surface area contributed by atoms with Gasteiger partial charge in [-0.05, 0) is 61.1 Å². The number of nitrogens with one attached hydrogen (secondary N) is 1. The number of carbonyl (C=O) groups is 1. The van der Waals surface area contributed by atoms with E-state index in [1.54, 1.807) is 18.2 Å². The Morgan fingerprint density at radius 2 is 1.83 bits per heavy atom. The van der Waals surface area contributed by atoms with Crippen molar-refractivity contribution in [2.24, 2.45) is 5.92 Å². The molecule has 2 aromatic carbocycles. The smallest absolute Gasteiger partial charge is 0.256 e. The SMILES string of the molecule is O=C(Nc1nc2c(nc1CC1CCCC1)-c1ccc(O)cc1CC2)c1ccccc1. The lowest BCUT2D eigenvalue weighted by Gasteiger charge is -2.22. The van der Waals surface area contributed by atoms with Crippen molar-refractivity contribution in [1.29, 1.82) is 0 Å². The minimum absolute atomic E-state index is 0.154. The fourth-order valence-corrected chi connectivity index (χ4v) is 4.67. The van der Waals surface area contributed by atoms with E-state index >= 15 is 0 Å². The normalized spacial score (nSPS) is 15.5. The van der Waals surface area contributed by atoms with Crippen LogP contribution in [0.15, 0.2) is 48.5 Å². The first kappa shape index (κ1) is 18.8. The van der Waals surface area contributed by atoms with Gasteiger partial charge in [-0.1, -0.05) is 43.9 Å². The Hall–Kier alpha value is -3.21. The molecule has 5 nitrogen and oxygen atoms in total. The van der Waals surface area contributed by atoms with Crippen LogP contribution in [0.4, 0.5) is 5.82 Å². The Bertz CT molecular complexity index is 1090. The number of aromatic nitrogens is 2. The number of carbonyl (C=O) groups excluding carboxylic acids is 1. The first-order valence-corrected chi connectivity index (χ1v) is 10.8. The van der Waals surface area contributed by atoms with Crippen LogP contribution in [0.1, 0.15) is 53.0 Å². The number of phenols is 1. The summed E-state index contributed by atoms with van der Waals surface area (Å²) in [6, 6.07) is 14.7.